The van der Waals surface area contributed by atoms with Crippen molar-refractivity contribution in [2.75, 3.05) is 6.54 Å². The van der Waals surface area contributed by atoms with Crippen molar-refractivity contribution in [2.24, 2.45) is 5.11 Å². The molecule has 0 saturated carbocycles. The topological polar surface area (TPSA) is 61.7 Å². The fourth-order valence-corrected chi connectivity index (χ4v) is 0.872. The standard InChI is InChI=1S/C9H5F3N4/c10-9(11,12)8-4-7(5-14-6-8)2-1-3-15-16-13/h4-6H,3H2. The molecule has 0 aliphatic rings. The molecule has 0 aliphatic carbocycles. The van der Waals surface area contributed by atoms with Crippen molar-refractivity contribution in [3.05, 3.63) is 40.0 Å². The molecule has 0 N–H and O–H groups in total. The number of hydrogen-bond acceptors (Lipinski definition) is 2. The number of nitrogens with zero attached hydrogens (tertiary/aromatic N) is 4. The maximum absolute atomic E-state index is 12.3. The van der Waals surface area contributed by atoms with Crippen LogP contribution >= 0.6 is 0 Å². The minimum absolute atomic E-state index is 0.0905. The lowest BCUT2D eigenvalue weighted by atomic mass is 10.2. The molecule has 1 heterocycles. The summed E-state index contributed by atoms with van der Waals surface area (Å²) in [6.07, 6.45) is -2.51. The van der Waals surface area contributed by atoms with Gasteiger partial charge in [-0.1, -0.05) is 17.0 Å². The molecule has 7 heteroatoms. The second kappa shape index (κ2) is 5.05. The van der Waals surface area contributed by atoms with E-state index in [4.69, 9.17) is 5.53 Å². The Morgan fingerprint density at radius 3 is 2.81 bits per heavy atom. The molecule has 0 radical (unpaired) electrons. The first-order chi connectivity index (χ1) is 7.54. The number of pyridine rings is 1. The van der Waals surface area contributed by atoms with Gasteiger partial charge in [-0.2, -0.15) is 13.2 Å². The Kier molecular flexibility index (Phi) is 3.75. The van der Waals surface area contributed by atoms with Crippen LogP contribution < -0.4 is 0 Å². The largest absolute Gasteiger partial charge is 0.417 e. The molecule has 0 atom stereocenters. The van der Waals surface area contributed by atoms with Gasteiger partial charge >= 0.3 is 6.18 Å². The maximum atomic E-state index is 12.3. The van der Waals surface area contributed by atoms with Crippen LogP contribution in [0, 0.1) is 11.8 Å². The van der Waals surface area contributed by atoms with Crippen LogP contribution in [0.1, 0.15) is 11.1 Å². The monoisotopic (exact) mass is 226 g/mol. The molecule has 16 heavy (non-hydrogen) atoms. The molecular weight excluding hydrogens is 221 g/mol. The molecule has 0 saturated heterocycles. The Labute approximate surface area is 88.7 Å². The van der Waals surface area contributed by atoms with E-state index in [2.05, 4.69) is 26.9 Å². The van der Waals surface area contributed by atoms with E-state index >= 15 is 0 Å². The van der Waals surface area contributed by atoms with Gasteiger partial charge in [-0.15, -0.1) is 0 Å². The van der Waals surface area contributed by atoms with Gasteiger partial charge in [0.05, 0.1) is 12.1 Å². The lowest BCUT2D eigenvalue weighted by Gasteiger charge is -2.04. The van der Waals surface area contributed by atoms with Crippen molar-refractivity contribution in [1.82, 2.24) is 4.98 Å². The zero-order valence-electron chi connectivity index (χ0n) is 7.86. The first-order valence-corrected chi connectivity index (χ1v) is 4.06. The Hall–Kier alpha value is -2.19. The minimum atomic E-state index is -4.44. The molecule has 0 fully saturated rings. The van der Waals surface area contributed by atoms with Crippen molar-refractivity contribution in [3.63, 3.8) is 0 Å². The summed E-state index contributed by atoms with van der Waals surface area (Å²) in [6.45, 7) is -0.0905. The van der Waals surface area contributed by atoms with Gasteiger partial charge in [0.1, 0.15) is 0 Å². The molecule has 1 aromatic heterocycles. The number of halogens is 3. The highest BCUT2D eigenvalue weighted by Gasteiger charge is 2.30. The summed E-state index contributed by atoms with van der Waals surface area (Å²) < 4.78 is 36.8. The van der Waals surface area contributed by atoms with Gasteiger partial charge in [0.2, 0.25) is 0 Å². The van der Waals surface area contributed by atoms with Crippen molar-refractivity contribution in [2.45, 2.75) is 6.18 Å². The second-order valence-corrected chi connectivity index (χ2v) is 2.65. The van der Waals surface area contributed by atoms with Gasteiger partial charge in [-0.05, 0) is 11.6 Å². The molecule has 0 amide bonds. The normalized spacial score (nSPS) is 9.94. The molecular formula is C9H5F3N4. The van der Waals surface area contributed by atoms with Crippen LogP contribution in [0.4, 0.5) is 13.2 Å². The van der Waals surface area contributed by atoms with Gasteiger partial charge < -0.3 is 0 Å². The highest BCUT2D eigenvalue weighted by molar-refractivity contribution is 5.35. The van der Waals surface area contributed by atoms with Crippen LogP contribution in [0.15, 0.2) is 23.6 Å². The molecule has 1 aromatic rings. The predicted octanol–water partition coefficient (Wildman–Crippen LogP) is 2.76. The zero-order chi connectivity index (χ0) is 12.0. The Morgan fingerprint density at radius 2 is 2.19 bits per heavy atom. The van der Waals surface area contributed by atoms with E-state index in [1.165, 1.54) is 6.20 Å². The van der Waals surface area contributed by atoms with E-state index in [9.17, 15) is 13.2 Å². The summed E-state index contributed by atoms with van der Waals surface area (Å²) in [5.41, 5.74) is 7.21. The molecule has 4 nitrogen and oxygen atoms in total. The summed E-state index contributed by atoms with van der Waals surface area (Å²) in [7, 11) is 0. The number of alkyl halides is 3. The van der Waals surface area contributed by atoms with Gasteiger partial charge in [0, 0.05) is 22.9 Å². The van der Waals surface area contributed by atoms with Crippen molar-refractivity contribution >= 4 is 0 Å². The quantitative estimate of drug-likeness (QED) is 0.314. The van der Waals surface area contributed by atoms with E-state index in [1.54, 1.807) is 0 Å². The van der Waals surface area contributed by atoms with Crippen molar-refractivity contribution in [1.29, 1.82) is 0 Å². The maximum Gasteiger partial charge on any atom is 0.417 e. The van der Waals surface area contributed by atoms with E-state index in [-0.39, 0.29) is 12.1 Å². The summed E-state index contributed by atoms with van der Waals surface area (Å²) in [5, 5.41) is 3.12. The first-order valence-electron chi connectivity index (χ1n) is 4.06. The fraction of sp³-hybridized carbons (Fsp3) is 0.222. The molecule has 0 spiro atoms. The molecule has 0 unspecified atom stereocenters. The van der Waals surface area contributed by atoms with Crippen LogP contribution in [0.3, 0.4) is 0 Å². The molecule has 82 valence electrons. The van der Waals surface area contributed by atoms with Crippen molar-refractivity contribution < 1.29 is 13.2 Å². The smallest absolute Gasteiger partial charge is 0.263 e. The molecule has 0 bridgehead atoms. The number of hydrogen-bond donors (Lipinski definition) is 0. The van der Waals surface area contributed by atoms with Crippen LogP contribution in [-0.4, -0.2) is 11.5 Å². The van der Waals surface area contributed by atoms with E-state index < -0.39 is 11.7 Å². The summed E-state index contributed by atoms with van der Waals surface area (Å²) in [5.74, 6) is 4.82. The third-order valence-corrected chi connectivity index (χ3v) is 1.51. The average molecular weight is 226 g/mol. The highest BCUT2D eigenvalue weighted by atomic mass is 19.4. The van der Waals surface area contributed by atoms with Crippen LogP contribution in [0.25, 0.3) is 10.4 Å². The van der Waals surface area contributed by atoms with Gasteiger partial charge in [0.15, 0.2) is 0 Å². The van der Waals surface area contributed by atoms with Gasteiger partial charge in [-0.25, -0.2) is 0 Å². The minimum Gasteiger partial charge on any atom is -0.263 e. The van der Waals surface area contributed by atoms with Crippen LogP contribution in [0.2, 0.25) is 0 Å². The SMILES string of the molecule is [N-]=[N+]=NCC#Cc1cncc(C(F)(F)F)c1. The van der Waals surface area contributed by atoms with Gasteiger partial charge in [-0.3, -0.25) is 4.98 Å². The Bertz CT molecular complexity index is 478. The Balaban J connectivity index is 2.89. The number of aromatic nitrogens is 1. The predicted molar refractivity (Wildman–Crippen MR) is 50.1 cm³/mol. The van der Waals surface area contributed by atoms with Gasteiger partial charge in [0.25, 0.3) is 0 Å². The number of rotatable bonds is 1. The van der Waals surface area contributed by atoms with E-state index in [1.807, 2.05) is 0 Å². The second-order valence-electron chi connectivity index (χ2n) is 2.65. The average Bonchev–Trinajstić information content (AvgIpc) is 2.24. The zero-order valence-corrected chi connectivity index (χ0v) is 7.86. The highest BCUT2D eigenvalue weighted by Crippen LogP contribution is 2.28. The van der Waals surface area contributed by atoms with Crippen LogP contribution in [-0.2, 0) is 6.18 Å². The summed E-state index contributed by atoms with van der Waals surface area (Å²) in [4.78, 5) is 5.87. The van der Waals surface area contributed by atoms with E-state index in [0.717, 1.165) is 12.3 Å². The third-order valence-electron chi connectivity index (χ3n) is 1.51. The van der Waals surface area contributed by atoms with Crippen LogP contribution in [0.5, 0.6) is 0 Å². The third kappa shape index (κ3) is 3.52. The molecule has 1 rings (SSSR count). The first kappa shape index (κ1) is 11.9. The number of azide groups is 1. The lowest BCUT2D eigenvalue weighted by molar-refractivity contribution is -0.137. The van der Waals surface area contributed by atoms with Crippen molar-refractivity contribution in [3.8, 4) is 11.8 Å². The Morgan fingerprint density at radius 1 is 1.44 bits per heavy atom. The van der Waals surface area contributed by atoms with E-state index in [0.29, 0.717) is 0 Å². The summed E-state index contributed by atoms with van der Waals surface area (Å²) >= 11 is 0. The summed E-state index contributed by atoms with van der Waals surface area (Å²) in [6, 6.07) is 0.885. The fourth-order valence-electron chi connectivity index (χ4n) is 0.872. The lowest BCUT2D eigenvalue weighted by Crippen LogP contribution is -2.05. The molecule has 0 aliphatic heterocycles. The molecule has 0 aromatic carbocycles.